The monoisotopic (exact) mass is 226 g/mol. The van der Waals surface area contributed by atoms with Crippen LogP contribution < -0.4 is 10.6 Å². The predicted molar refractivity (Wildman–Crippen MR) is 64.9 cm³/mol. The smallest absolute Gasteiger partial charge is 0.246 e. The number of nitrogens with one attached hydrogen (secondary N) is 2. The van der Waals surface area contributed by atoms with Crippen molar-refractivity contribution in [2.24, 2.45) is 5.92 Å². The fourth-order valence-corrected chi connectivity index (χ4v) is 1.01. The molecule has 92 valence electrons. The molecule has 0 fully saturated rings. The van der Waals surface area contributed by atoms with Gasteiger partial charge in [0.15, 0.2) is 0 Å². The highest BCUT2D eigenvalue weighted by molar-refractivity contribution is 5.92. The van der Waals surface area contributed by atoms with E-state index in [1.807, 2.05) is 13.8 Å². The zero-order valence-electron chi connectivity index (χ0n) is 10.4. The van der Waals surface area contributed by atoms with Crippen LogP contribution in [0.4, 0.5) is 0 Å². The molecule has 0 heterocycles. The van der Waals surface area contributed by atoms with Crippen molar-refractivity contribution in [3.05, 3.63) is 12.2 Å². The van der Waals surface area contributed by atoms with E-state index in [1.165, 1.54) is 0 Å². The number of hydrogen-bond donors (Lipinski definition) is 2. The molecule has 2 amide bonds. The van der Waals surface area contributed by atoms with Crippen LogP contribution in [0.2, 0.25) is 0 Å². The third-order valence-corrected chi connectivity index (χ3v) is 2.39. The van der Waals surface area contributed by atoms with Gasteiger partial charge in [0.2, 0.25) is 11.8 Å². The van der Waals surface area contributed by atoms with Crippen LogP contribution in [0.1, 0.15) is 33.6 Å². The van der Waals surface area contributed by atoms with Gasteiger partial charge in [-0.15, -0.1) is 0 Å². The number of carbonyl (C=O) groups excluding carboxylic acids is 2. The summed E-state index contributed by atoms with van der Waals surface area (Å²) in [6.07, 6.45) is 1.58. The van der Waals surface area contributed by atoms with Crippen molar-refractivity contribution in [1.29, 1.82) is 0 Å². The number of amides is 2. The van der Waals surface area contributed by atoms with Crippen molar-refractivity contribution < 1.29 is 9.59 Å². The molecule has 0 aliphatic rings. The second-order valence-electron chi connectivity index (χ2n) is 3.99. The maximum Gasteiger partial charge on any atom is 0.246 e. The van der Waals surface area contributed by atoms with Gasteiger partial charge in [-0.1, -0.05) is 20.4 Å². The molecule has 0 aliphatic carbocycles. The number of carbonyl (C=O) groups is 2. The van der Waals surface area contributed by atoms with Gasteiger partial charge in [-0.25, -0.2) is 0 Å². The van der Waals surface area contributed by atoms with Gasteiger partial charge in [0.05, 0.1) is 0 Å². The molecule has 1 atom stereocenters. The van der Waals surface area contributed by atoms with E-state index in [4.69, 9.17) is 0 Å². The summed E-state index contributed by atoms with van der Waals surface area (Å²) in [5.74, 6) is 0.00647. The molecule has 0 aromatic rings. The first-order valence-electron chi connectivity index (χ1n) is 5.70. The van der Waals surface area contributed by atoms with Crippen LogP contribution >= 0.6 is 0 Å². The zero-order chi connectivity index (χ0) is 12.6. The first kappa shape index (κ1) is 14.7. The summed E-state index contributed by atoms with van der Waals surface area (Å²) in [7, 11) is 0. The largest absolute Gasteiger partial charge is 0.356 e. The lowest BCUT2D eigenvalue weighted by Gasteiger charge is -2.10. The molecule has 0 saturated heterocycles. The van der Waals surface area contributed by atoms with Crippen molar-refractivity contribution in [2.75, 3.05) is 13.1 Å². The Morgan fingerprint density at radius 2 is 1.81 bits per heavy atom. The molecule has 2 N–H and O–H groups in total. The van der Waals surface area contributed by atoms with E-state index in [9.17, 15) is 9.59 Å². The maximum absolute atomic E-state index is 11.4. The quantitative estimate of drug-likeness (QED) is 0.507. The summed E-state index contributed by atoms with van der Waals surface area (Å²) in [5.41, 5.74) is 0.503. The van der Waals surface area contributed by atoms with E-state index in [-0.39, 0.29) is 17.7 Å². The van der Waals surface area contributed by atoms with Crippen molar-refractivity contribution in [2.45, 2.75) is 33.6 Å². The van der Waals surface area contributed by atoms with Crippen LogP contribution in [0.15, 0.2) is 12.2 Å². The van der Waals surface area contributed by atoms with E-state index in [0.29, 0.717) is 18.7 Å². The summed E-state index contributed by atoms with van der Waals surface area (Å²) >= 11 is 0. The molecule has 0 aromatic carbocycles. The third kappa shape index (κ3) is 6.22. The van der Waals surface area contributed by atoms with Gasteiger partial charge in [0.25, 0.3) is 0 Å². The average molecular weight is 226 g/mol. The van der Waals surface area contributed by atoms with Crippen LogP contribution in [-0.2, 0) is 9.59 Å². The molecule has 0 saturated carbocycles. The molecular formula is C12H22N2O2. The molecule has 0 rings (SSSR count). The van der Waals surface area contributed by atoms with Gasteiger partial charge in [-0.2, -0.15) is 0 Å². The highest BCUT2D eigenvalue weighted by Gasteiger charge is 2.08. The third-order valence-electron chi connectivity index (χ3n) is 2.39. The Hall–Kier alpha value is -1.32. The Morgan fingerprint density at radius 3 is 2.31 bits per heavy atom. The first-order chi connectivity index (χ1) is 7.49. The van der Waals surface area contributed by atoms with Crippen molar-refractivity contribution >= 4 is 11.8 Å². The lowest BCUT2D eigenvalue weighted by Crippen LogP contribution is -2.32. The molecule has 4 heteroatoms. The fraction of sp³-hybridized carbons (Fsp3) is 0.667. The van der Waals surface area contributed by atoms with Gasteiger partial charge in [0, 0.05) is 24.6 Å². The number of hydrogen-bond acceptors (Lipinski definition) is 2. The van der Waals surface area contributed by atoms with E-state index < -0.39 is 0 Å². The Labute approximate surface area is 97.5 Å². The lowest BCUT2D eigenvalue weighted by atomic mass is 10.1. The molecule has 0 radical (unpaired) electrons. The molecule has 0 aromatic heterocycles. The second kappa shape index (κ2) is 7.91. The Morgan fingerprint density at radius 1 is 1.25 bits per heavy atom. The normalized spacial score (nSPS) is 11.7. The minimum absolute atomic E-state index is 0.0602. The van der Waals surface area contributed by atoms with E-state index >= 15 is 0 Å². The van der Waals surface area contributed by atoms with Crippen LogP contribution in [0, 0.1) is 5.92 Å². The molecule has 4 nitrogen and oxygen atoms in total. The van der Waals surface area contributed by atoms with Gasteiger partial charge < -0.3 is 10.6 Å². The molecule has 0 spiro atoms. The van der Waals surface area contributed by atoms with E-state index in [1.54, 1.807) is 6.92 Å². The Balaban J connectivity index is 3.51. The summed E-state index contributed by atoms with van der Waals surface area (Å²) in [4.78, 5) is 22.5. The van der Waals surface area contributed by atoms with E-state index in [0.717, 1.165) is 12.8 Å². The summed E-state index contributed by atoms with van der Waals surface area (Å²) < 4.78 is 0. The van der Waals surface area contributed by atoms with Crippen LogP contribution in [-0.4, -0.2) is 24.9 Å². The van der Waals surface area contributed by atoms with Crippen molar-refractivity contribution in [3.63, 3.8) is 0 Å². The Kier molecular flexibility index (Phi) is 7.25. The van der Waals surface area contributed by atoms with E-state index in [2.05, 4.69) is 17.2 Å². The van der Waals surface area contributed by atoms with Gasteiger partial charge in [-0.3, -0.25) is 9.59 Å². The number of rotatable bonds is 7. The first-order valence-corrected chi connectivity index (χ1v) is 5.70. The topological polar surface area (TPSA) is 58.2 Å². The standard InChI is InChI=1S/C12H22N2O2/c1-5-10(4)12(16)14-8-6-7-13-11(15)9(2)3/h10H,2,5-8H2,1,3-4H3,(H,13,15)(H,14,16). The molecule has 0 aliphatic heterocycles. The SMILES string of the molecule is C=C(C)C(=O)NCCCNC(=O)C(C)CC. The summed E-state index contributed by atoms with van der Waals surface area (Å²) in [6, 6.07) is 0. The van der Waals surface area contributed by atoms with Crippen LogP contribution in [0.3, 0.4) is 0 Å². The fourth-order valence-electron chi connectivity index (χ4n) is 1.01. The molecule has 1 unspecified atom stereocenters. The van der Waals surface area contributed by atoms with Crippen molar-refractivity contribution in [1.82, 2.24) is 10.6 Å². The minimum atomic E-state index is -0.131. The highest BCUT2D eigenvalue weighted by Crippen LogP contribution is 1.99. The van der Waals surface area contributed by atoms with Crippen LogP contribution in [0.5, 0.6) is 0 Å². The summed E-state index contributed by atoms with van der Waals surface area (Å²) in [6.45, 7) is 10.2. The average Bonchev–Trinajstić information content (AvgIpc) is 2.26. The van der Waals surface area contributed by atoms with Gasteiger partial charge >= 0.3 is 0 Å². The predicted octanol–water partition coefficient (Wildman–Crippen LogP) is 1.23. The van der Waals surface area contributed by atoms with Crippen LogP contribution in [0.25, 0.3) is 0 Å². The van der Waals surface area contributed by atoms with Crippen molar-refractivity contribution in [3.8, 4) is 0 Å². The lowest BCUT2D eigenvalue weighted by molar-refractivity contribution is -0.124. The summed E-state index contributed by atoms with van der Waals surface area (Å²) in [5, 5.41) is 5.53. The van der Waals surface area contributed by atoms with Gasteiger partial charge in [0.1, 0.15) is 0 Å². The zero-order valence-corrected chi connectivity index (χ0v) is 10.4. The van der Waals surface area contributed by atoms with Gasteiger partial charge in [-0.05, 0) is 19.8 Å². The minimum Gasteiger partial charge on any atom is -0.356 e. The highest BCUT2D eigenvalue weighted by atomic mass is 16.2. The Bertz CT molecular complexity index is 262. The second-order valence-corrected chi connectivity index (χ2v) is 3.99. The molecule has 16 heavy (non-hydrogen) atoms. The molecule has 0 bridgehead atoms. The molecular weight excluding hydrogens is 204 g/mol. The maximum atomic E-state index is 11.4.